The summed E-state index contributed by atoms with van der Waals surface area (Å²) in [7, 11) is 0. The van der Waals surface area contributed by atoms with E-state index in [-0.39, 0.29) is 0 Å². The third-order valence-electron chi connectivity index (χ3n) is 8.84. The summed E-state index contributed by atoms with van der Waals surface area (Å²) in [4.78, 5) is 12.2. The predicted molar refractivity (Wildman–Crippen MR) is 95.0 cm³/mol. The van der Waals surface area contributed by atoms with E-state index in [0.29, 0.717) is 22.5 Å². The fraction of sp³-hybridized carbons (Fsp3) is 0.864. The van der Waals surface area contributed by atoms with Crippen LogP contribution in [0.1, 0.15) is 79.1 Å². The van der Waals surface area contributed by atoms with E-state index in [0.717, 1.165) is 30.1 Å². The second-order valence-corrected chi connectivity index (χ2v) is 9.89. The van der Waals surface area contributed by atoms with Crippen LogP contribution < -0.4 is 0 Å². The molecule has 0 aromatic carbocycles. The SMILES string of the molecule is CC(=O)C1CCC2C3CC=C4CC(C)CC[C@]4(C)C3CC[C@]12C. The molecule has 0 heterocycles. The van der Waals surface area contributed by atoms with Crippen molar-refractivity contribution in [3.63, 3.8) is 0 Å². The quantitative estimate of drug-likeness (QED) is 0.560. The summed E-state index contributed by atoms with van der Waals surface area (Å²) in [5, 5.41) is 0. The van der Waals surface area contributed by atoms with E-state index in [1.807, 2.05) is 6.92 Å². The Morgan fingerprint density at radius 2 is 1.87 bits per heavy atom. The Hall–Kier alpha value is -0.590. The minimum Gasteiger partial charge on any atom is -0.300 e. The molecule has 0 aromatic heterocycles. The predicted octanol–water partition coefficient (Wildman–Crippen LogP) is 5.79. The zero-order chi connectivity index (χ0) is 16.4. The normalized spacial score (nSPS) is 52.2. The van der Waals surface area contributed by atoms with E-state index in [1.54, 1.807) is 5.57 Å². The van der Waals surface area contributed by atoms with E-state index in [1.165, 1.54) is 44.9 Å². The Bertz CT molecular complexity index is 546. The van der Waals surface area contributed by atoms with Crippen LogP contribution in [-0.4, -0.2) is 5.78 Å². The van der Waals surface area contributed by atoms with Crippen LogP contribution >= 0.6 is 0 Å². The number of ketones is 1. The van der Waals surface area contributed by atoms with Gasteiger partial charge in [0.1, 0.15) is 5.78 Å². The molecule has 3 saturated carbocycles. The van der Waals surface area contributed by atoms with E-state index in [9.17, 15) is 4.79 Å². The van der Waals surface area contributed by atoms with Gasteiger partial charge in [-0.3, -0.25) is 4.79 Å². The zero-order valence-corrected chi connectivity index (χ0v) is 15.5. The number of carbonyl (C=O) groups excluding carboxylic acids is 1. The first-order valence-electron chi connectivity index (χ1n) is 10.1. The second kappa shape index (κ2) is 5.20. The van der Waals surface area contributed by atoms with Crippen molar-refractivity contribution in [3.8, 4) is 0 Å². The molecule has 23 heavy (non-hydrogen) atoms. The van der Waals surface area contributed by atoms with Crippen LogP contribution in [-0.2, 0) is 4.79 Å². The summed E-state index contributed by atoms with van der Waals surface area (Å²) in [6, 6.07) is 0. The minimum absolute atomic E-state index is 0.302. The summed E-state index contributed by atoms with van der Waals surface area (Å²) in [5.74, 6) is 4.22. The van der Waals surface area contributed by atoms with Crippen LogP contribution in [0.4, 0.5) is 0 Å². The fourth-order valence-electron chi connectivity index (χ4n) is 7.51. The highest BCUT2D eigenvalue weighted by Crippen LogP contribution is 2.66. The molecule has 128 valence electrons. The maximum absolute atomic E-state index is 12.2. The number of carbonyl (C=O) groups is 1. The standard InChI is InChI=1S/C22H34O/c1-14-9-11-21(3)16(13-14)5-6-17-19-8-7-18(15(2)23)22(19,4)12-10-20(17)21/h5,14,17-20H,6-13H2,1-4H3/t14?,17?,18?,19?,20?,21-,22+/m0/s1. The molecule has 1 heteroatoms. The molecule has 0 bridgehead atoms. The lowest BCUT2D eigenvalue weighted by atomic mass is 9.47. The molecule has 0 spiro atoms. The lowest BCUT2D eigenvalue weighted by Crippen LogP contribution is -2.50. The number of fused-ring (bicyclic) bond motifs is 5. The molecule has 7 atom stereocenters. The number of hydrogen-bond acceptors (Lipinski definition) is 1. The van der Waals surface area contributed by atoms with Gasteiger partial charge >= 0.3 is 0 Å². The number of rotatable bonds is 1. The van der Waals surface area contributed by atoms with E-state index in [4.69, 9.17) is 0 Å². The Morgan fingerprint density at radius 1 is 1.09 bits per heavy atom. The third kappa shape index (κ3) is 2.14. The minimum atomic E-state index is 0.302. The smallest absolute Gasteiger partial charge is 0.133 e. The van der Waals surface area contributed by atoms with Gasteiger partial charge in [0.25, 0.3) is 0 Å². The van der Waals surface area contributed by atoms with Crippen molar-refractivity contribution < 1.29 is 4.79 Å². The molecule has 3 fully saturated rings. The Balaban J connectivity index is 1.66. The topological polar surface area (TPSA) is 17.1 Å². The van der Waals surface area contributed by atoms with Crippen molar-refractivity contribution >= 4 is 5.78 Å². The Labute approximate surface area is 142 Å². The van der Waals surface area contributed by atoms with Gasteiger partial charge in [-0.2, -0.15) is 0 Å². The van der Waals surface area contributed by atoms with Crippen LogP contribution in [0.3, 0.4) is 0 Å². The van der Waals surface area contributed by atoms with Gasteiger partial charge in [-0.25, -0.2) is 0 Å². The molecule has 5 unspecified atom stereocenters. The van der Waals surface area contributed by atoms with E-state index in [2.05, 4.69) is 26.8 Å². The van der Waals surface area contributed by atoms with Gasteiger partial charge in [0.05, 0.1) is 0 Å². The van der Waals surface area contributed by atoms with Crippen molar-refractivity contribution in [3.05, 3.63) is 11.6 Å². The number of Topliss-reactive ketones (excluding diaryl/α,β-unsaturated/α-hetero) is 1. The monoisotopic (exact) mass is 314 g/mol. The van der Waals surface area contributed by atoms with Gasteiger partial charge in [0.2, 0.25) is 0 Å². The molecule has 4 rings (SSSR count). The average molecular weight is 315 g/mol. The van der Waals surface area contributed by atoms with Crippen molar-refractivity contribution in [2.45, 2.75) is 79.1 Å². The summed E-state index contributed by atoms with van der Waals surface area (Å²) < 4.78 is 0. The van der Waals surface area contributed by atoms with Crippen LogP contribution in [0.25, 0.3) is 0 Å². The highest BCUT2D eigenvalue weighted by Gasteiger charge is 2.59. The number of allylic oxidation sites excluding steroid dienone is 2. The molecular weight excluding hydrogens is 280 g/mol. The highest BCUT2D eigenvalue weighted by molar-refractivity contribution is 5.79. The first-order valence-corrected chi connectivity index (χ1v) is 10.1. The molecule has 4 aliphatic rings. The first kappa shape index (κ1) is 15.9. The highest BCUT2D eigenvalue weighted by atomic mass is 16.1. The van der Waals surface area contributed by atoms with Crippen LogP contribution in [0.5, 0.6) is 0 Å². The van der Waals surface area contributed by atoms with Crippen LogP contribution in [0.15, 0.2) is 11.6 Å². The van der Waals surface area contributed by atoms with Gasteiger partial charge in [-0.15, -0.1) is 0 Å². The van der Waals surface area contributed by atoms with Crippen molar-refractivity contribution in [1.82, 2.24) is 0 Å². The average Bonchev–Trinajstić information content (AvgIpc) is 2.85. The maximum atomic E-state index is 12.2. The molecular formula is C22H34O. The molecule has 0 amide bonds. The molecule has 0 aliphatic heterocycles. The van der Waals surface area contributed by atoms with Crippen LogP contribution in [0, 0.1) is 40.4 Å². The Kier molecular flexibility index (Phi) is 3.60. The summed E-state index contributed by atoms with van der Waals surface area (Å²) >= 11 is 0. The van der Waals surface area contributed by atoms with E-state index < -0.39 is 0 Å². The van der Waals surface area contributed by atoms with Gasteiger partial charge < -0.3 is 0 Å². The van der Waals surface area contributed by atoms with E-state index >= 15 is 0 Å². The Morgan fingerprint density at radius 3 is 2.61 bits per heavy atom. The molecule has 0 saturated heterocycles. The fourth-order valence-corrected chi connectivity index (χ4v) is 7.51. The lowest BCUT2D eigenvalue weighted by Gasteiger charge is -2.58. The van der Waals surface area contributed by atoms with Crippen LogP contribution in [0.2, 0.25) is 0 Å². The second-order valence-electron chi connectivity index (χ2n) is 9.89. The van der Waals surface area contributed by atoms with Gasteiger partial charge in [-0.1, -0.05) is 32.4 Å². The molecule has 1 nitrogen and oxygen atoms in total. The lowest BCUT2D eigenvalue weighted by molar-refractivity contribution is -0.127. The third-order valence-corrected chi connectivity index (χ3v) is 8.84. The van der Waals surface area contributed by atoms with Gasteiger partial charge in [-0.05, 0) is 92.8 Å². The number of hydrogen-bond donors (Lipinski definition) is 0. The molecule has 4 aliphatic carbocycles. The first-order chi connectivity index (χ1) is 10.9. The van der Waals surface area contributed by atoms with Gasteiger partial charge in [0, 0.05) is 5.92 Å². The summed E-state index contributed by atoms with van der Waals surface area (Å²) in [6.07, 6.45) is 13.2. The maximum Gasteiger partial charge on any atom is 0.133 e. The van der Waals surface area contributed by atoms with Crippen molar-refractivity contribution in [2.75, 3.05) is 0 Å². The molecule has 0 radical (unpaired) electrons. The summed E-state index contributed by atoms with van der Waals surface area (Å²) in [5.41, 5.74) is 2.57. The molecule has 0 aromatic rings. The summed E-state index contributed by atoms with van der Waals surface area (Å²) in [6.45, 7) is 9.31. The van der Waals surface area contributed by atoms with Crippen molar-refractivity contribution in [2.24, 2.45) is 40.4 Å². The zero-order valence-electron chi connectivity index (χ0n) is 15.5. The largest absolute Gasteiger partial charge is 0.300 e. The van der Waals surface area contributed by atoms with Gasteiger partial charge in [0.15, 0.2) is 0 Å². The van der Waals surface area contributed by atoms with Crippen molar-refractivity contribution in [1.29, 1.82) is 0 Å². The molecule has 0 N–H and O–H groups in total.